The van der Waals surface area contributed by atoms with Crippen LogP contribution in [0.25, 0.3) is 0 Å². The van der Waals surface area contributed by atoms with Crippen LogP contribution in [0.5, 0.6) is 0 Å². The van der Waals surface area contributed by atoms with Crippen molar-refractivity contribution in [3.8, 4) is 0 Å². The van der Waals surface area contributed by atoms with E-state index in [2.05, 4.69) is 21.2 Å². The first-order valence-corrected chi connectivity index (χ1v) is 7.22. The Morgan fingerprint density at radius 1 is 1.19 bits per heavy atom. The minimum Gasteiger partial charge on any atom is -0.377 e. The van der Waals surface area contributed by atoms with E-state index in [1.165, 1.54) is 18.2 Å². The molecule has 1 amide bonds. The van der Waals surface area contributed by atoms with Gasteiger partial charge in [-0.25, -0.2) is 4.39 Å². The molecule has 110 valence electrons. The predicted octanol–water partition coefficient (Wildman–Crippen LogP) is 4.21. The van der Waals surface area contributed by atoms with Crippen LogP contribution in [-0.2, 0) is 0 Å². The fraction of sp³-hybridized carbons (Fsp3) is 0.188. The normalized spacial score (nSPS) is 10.3. The number of benzene rings is 2. The molecule has 2 aromatic rings. The van der Waals surface area contributed by atoms with Gasteiger partial charge in [-0.3, -0.25) is 4.79 Å². The maximum atomic E-state index is 13.1. The summed E-state index contributed by atoms with van der Waals surface area (Å²) in [5.74, 6) is -0.668. The van der Waals surface area contributed by atoms with Gasteiger partial charge in [-0.1, -0.05) is 6.07 Å². The molecule has 0 atom stereocenters. The van der Waals surface area contributed by atoms with E-state index in [0.29, 0.717) is 15.7 Å². The molecule has 0 heterocycles. The van der Waals surface area contributed by atoms with Gasteiger partial charge in [0.1, 0.15) is 5.82 Å². The van der Waals surface area contributed by atoms with Crippen LogP contribution >= 0.6 is 15.9 Å². The Morgan fingerprint density at radius 3 is 2.52 bits per heavy atom. The smallest absolute Gasteiger partial charge is 0.256 e. The summed E-state index contributed by atoms with van der Waals surface area (Å²) in [6.45, 7) is 2.01. The maximum Gasteiger partial charge on any atom is 0.256 e. The van der Waals surface area contributed by atoms with Gasteiger partial charge in [0.25, 0.3) is 5.91 Å². The lowest BCUT2D eigenvalue weighted by molar-refractivity contribution is 0.102. The number of halogens is 2. The molecule has 0 saturated heterocycles. The van der Waals surface area contributed by atoms with E-state index in [0.717, 1.165) is 11.3 Å². The fourth-order valence-corrected chi connectivity index (χ4v) is 2.57. The van der Waals surface area contributed by atoms with Gasteiger partial charge < -0.3 is 10.2 Å². The van der Waals surface area contributed by atoms with E-state index in [4.69, 9.17) is 0 Å². The molecule has 2 aromatic carbocycles. The second kappa shape index (κ2) is 6.26. The van der Waals surface area contributed by atoms with Gasteiger partial charge in [-0.15, -0.1) is 0 Å². The standard InChI is InChI=1S/C16H16BrFN2O/c1-10-4-6-12(9-15(10)20(2)3)19-16(21)13-7-5-11(18)8-14(13)17/h4-9H,1-3H3,(H,19,21). The first kappa shape index (κ1) is 15.5. The summed E-state index contributed by atoms with van der Waals surface area (Å²) in [5.41, 5.74) is 3.25. The van der Waals surface area contributed by atoms with Crippen molar-refractivity contribution < 1.29 is 9.18 Å². The lowest BCUT2D eigenvalue weighted by Crippen LogP contribution is -2.14. The summed E-state index contributed by atoms with van der Waals surface area (Å²) in [4.78, 5) is 14.2. The minimum absolute atomic E-state index is 0.282. The number of rotatable bonds is 3. The van der Waals surface area contributed by atoms with E-state index in [9.17, 15) is 9.18 Å². The van der Waals surface area contributed by atoms with Crippen molar-refractivity contribution in [2.24, 2.45) is 0 Å². The monoisotopic (exact) mass is 350 g/mol. The molecule has 0 aliphatic carbocycles. The van der Waals surface area contributed by atoms with Crippen molar-refractivity contribution in [3.05, 3.63) is 57.8 Å². The number of anilines is 2. The molecule has 0 fully saturated rings. The summed E-state index contributed by atoms with van der Waals surface area (Å²) >= 11 is 3.20. The number of amides is 1. The second-order valence-electron chi connectivity index (χ2n) is 4.97. The topological polar surface area (TPSA) is 32.3 Å². The summed E-state index contributed by atoms with van der Waals surface area (Å²) in [6, 6.07) is 9.69. The van der Waals surface area contributed by atoms with Crippen molar-refractivity contribution in [2.75, 3.05) is 24.3 Å². The largest absolute Gasteiger partial charge is 0.377 e. The summed E-state index contributed by atoms with van der Waals surface area (Å²) in [5, 5.41) is 2.82. The third-order valence-electron chi connectivity index (χ3n) is 3.12. The lowest BCUT2D eigenvalue weighted by Gasteiger charge is -2.17. The van der Waals surface area contributed by atoms with Gasteiger partial charge in [0.05, 0.1) is 5.56 Å². The Balaban J connectivity index is 2.25. The van der Waals surface area contributed by atoms with Crippen LogP contribution in [0.1, 0.15) is 15.9 Å². The molecule has 0 radical (unpaired) electrons. The van der Waals surface area contributed by atoms with Crippen LogP contribution in [0.3, 0.4) is 0 Å². The molecule has 0 unspecified atom stereocenters. The van der Waals surface area contributed by atoms with E-state index >= 15 is 0 Å². The number of hydrogen-bond acceptors (Lipinski definition) is 2. The molecular formula is C16H16BrFN2O. The number of carbonyl (C=O) groups is 1. The molecule has 0 bridgehead atoms. The zero-order valence-corrected chi connectivity index (χ0v) is 13.7. The van der Waals surface area contributed by atoms with Gasteiger partial charge in [0.2, 0.25) is 0 Å². The van der Waals surface area contributed by atoms with Crippen LogP contribution < -0.4 is 10.2 Å². The number of nitrogens with zero attached hydrogens (tertiary/aromatic N) is 1. The molecule has 0 aromatic heterocycles. The van der Waals surface area contributed by atoms with Crippen molar-refractivity contribution in [1.82, 2.24) is 0 Å². The van der Waals surface area contributed by atoms with Crippen LogP contribution in [0.4, 0.5) is 15.8 Å². The third-order valence-corrected chi connectivity index (χ3v) is 3.78. The molecule has 0 spiro atoms. The van der Waals surface area contributed by atoms with Gasteiger partial charge in [-0.05, 0) is 58.7 Å². The lowest BCUT2D eigenvalue weighted by atomic mass is 10.1. The average molecular weight is 351 g/mol. The molecule has 2 rings (SSSR count). The Labute approximate surface area is 131 Å². The molecule has 0 saturated carbocycles. The Kier molecular flexibility index (Phi) is 4.63. The van der Waals surface area contributed by atoms with Crippen LogP contribution in [0.2, 0.25) is 0 Å². The number of hydrogen-bond donors (Lipinski definition) is 1. The second-order valence-corrected chi connectivity index (χ2v) is 5.83. The average Bonchev–Trinajstić information content (AvgIpc) is 2.40. The molecule has 5 heteroatoms. The summed E-state index contributed by atoms with van der Waals surface area (Å²) in [7, 11) is 3.90. The van der Waals surface area contributed by atoms with Crippen LogP contribution in [0.15, 0.2) is 40.9 Å². The molecule has 0 aliphatic heterocycles. The van der Waals surface area contributed by atoms with Crippen LogP contribution in [0, 0.1) is 12.7 Å². The van der Waals surface area contributed by atoms with Crippen molar-refractivity contribution in [2.45, 2.75) is 6.92 Å². The number of aryl methyl sites for hydroxylation is 1. The minimum atomic E-state index is -0.386. The highest BCUT2D eigenvalue weighted by molar-refractivity contribution is 9.10. The van der Waals surface area contributed by atoms with E-state index in [-0.39, 0.29) is 11.7 Å². The number of carbonyl (C=O) groups excluding carboxylic acids is 1. The third kappa shape index (κ3) is 3.61. The zero-order chi connectivity index (χ0) is 15.6. The zero-order valence-electron chi connectivity index (χ0n) is 12.1. The summed E-state index contributed by atoms with van der Waals surface area (Å²) in [6.07, 6.45) is 0. The van der Waals surface area contributed by atoms with E-state index in [1.807, 2.05) is 44.1 Å². The van der Waals surface area contributed by atoms with Gasteiger partial charge >= 0.3 is 0 Å². The van der Waals surface area contributed by atoms with E-state index in [1.54, 1.807) is 0 Å². The Morgan fingerprint density at radius 2 is 1.90 bits per heavy atom. The highest BCUT2D eigenvalue weighted by atomic mass is 79.9. The SMILES string of the molecule is Cc1ccc(NC(=O)c2ccc(F)cc2Br)cc1N(C)C. The first-order valence-electron chi connectivity index (χ1n) is 6.43. The van der Waals surface area contributed by atoms with Crippen molar-refractivity contribution >= 4 is 33.2 Å². The first-order chi connectivity index (χ1) is 9.88. The quantitative estimate of drug-likeness (QED) is 0.898. The molecule has 0 aliphatic rings. The molecule has 3 nitrogen and oxygen atoms in total. The van der Waals surface area contributed by atoms with Crippen LogP contribution in [-0.4, -0.2) is 20.0 Å². The Bertz CT molecular complexity index is 686. The van der Waals surface area contributed by atoms with E-state index < -0.39 is 0 Å². The van der Waals surface area contributed by atoms with Gasteiger partial charge in [-0.2, -0.15) is 0 Å². The Hall–Kier alpha value is -1.88. The molecule has 1 N–H and O–H groups in total. The highest BCUT2D eigenvalue weighted by Gasteiger charge is 2.12. The van der Waals surface area contributed by atoms with Gasteiger partial charge in [0.15, 0.2) is 0 Å². The summed E-state index contributed by atoms with van der Waals surface area (Å²) < 4.78 is 13.5. The van der Waals surface area contributed by atoms with Gasteiger partial charge in [0, 0.05) is 29.9 Å². The number of nitrogens with one attached hydrogen (secondary N) is 1. The van der Waals surface area contributed by atoms with Crippen molar-refractivity contribution in [3.63, 3.8) is 0 Å². The maximum absolute atomic E-state index is 13.1. The predicted molar refractivity (Wildman–Crippen MR) is 87.6 cm³/mol. The highest BCUT2D eigenvalue weighted by Crippen LogP contribution is 2.24. The molecular weight excluding hydrogens is 335 g/mol. The fourth-order valence-electron chi connectivity index (χ4n) is 2.04. The molecule has 21 heavy (non-hydrogen) atoms. The van der Waals surface area contributed by atoms with Crippen molar-refractivity contribution in [1.29, 1.82) is 0 Å².